The predicted octanol–water partition coefficient (Wildman–Crippen LogP) is 5.52. The van der Waals surface area contributed by atoms with Crippen molar-refractivity contribution >= 4 is 58.6 Å². The molecule has 4 aliphatic carbocycles. The van der Waals surface area contributed by atoms with Crippen LogP contribution in [0.3, 0.4) is 0 Å². The lowest BCUT2D eigenvalue weighted by Crippen LogP contribution is -2.69. The van der Waals surface area contributed by atoms with Gasteiger partial charge in [-0.3, -0.25) is 28.5 Å². The number of halogens is 2. The highest BCUT2D eigenvalue weighted by molar-refractivity contribution is 9.09. The standard InChI is InChI=1S/C44H51BrFN2O12P/c1-24(16-34(50)25(2)47-38(53)22-45)39(54)48-30-7-5-6-27(18-30)17-26-8-10-28(11-9-26)40-59-37-20-33-32-13-12-29-19-31(49)14-15-41(29,3)43(32,46)35(51)21-42(33,4)44(37,60-40)36(52)23-58-61(55,56)57/h5-11,14-15,18-19,24-25,32-33,35,37,40,51H,12-13,16-17,20-23H2,1-4H3,(H,47,53)(H,48,54)(H2,55,56,57)/t24-,25+,32+,33+,35+,37-,40-,41+,42+,43+,44-/m1/s1. The SMILES string of the molecule is C[C@H](CC(=O)[C@H](C)NC(=O)CBr)C(=O)Nc1cccc(Cc2ccc([C@@H]3O[C@@H]4C[C@H]5[C@@H]6CCC7=CC(=O)C=C[C@]7(C)[C@@]6(F)[C@@H](O)C[C@]5(C)[C@]4(C(=O)COP(=O)(O)O)O3)cc2)c1. The van der Waals surface area contributed by atoms with Crippen LogP contribution in [0.1, 0.15) is 82.8 Å². The number of fused-ring (bicyclic) bond motifs is 7. The summed E-state index contributed by atoms with van der Waals surface area (Å²) in [4.78, 5) is 82.9. The second kappa shape index (κ2) is 16.8. The number of anilines is 1. The molecule has 0 radical (unpaired) electrons. The lowest BCUT2D eigenvalue weighted by atomic mass is 9.44. The van der Waals surface area contributed by atoms with Crippen LogP contribution in [0.15, 0.2) is 72.3 Å². The summed E-state index contributed by atoms with van der Waals surface area (Å²) in [5, 5.41) is 17.4. The number of ketones is 3. The molecule has 1 aliphatic heterocycles. The molecule has 7 rings (SSSR count). The van der Waals surface area contributed by atoms with Crippen molar-refractivity contribution in [3.8, 4) is 0 Å². The number of amides is 2. The highest BCUT2D eigenvalue weighted by Gasteiger charge is 2.79. The van der Waals surface area contributed by atoms with Gasteiger partial charge in [0.2, 0.25) is 11.8 Å². The van der Waals surface area contributed by atoms with Crippen molar-refractivity contribution in [3.63, 3.8) is 0 Å². The number of nitrogens with one attached hydrogen (secondary N) is 2. The Morgan fingerprint density at radius 2 is 1.79 bits per heavy atom. The average Bonchev–Trinajstić information content (AvgIpc) is 3.70. The number of hydrogen-bond donors (Lipinski definition) is 5. The van der Waals surface area contributed by atoms with E-state index in [1.807, 2.05) is 24.3 Å². The van der Waals surface area contributed by atoms with Gasteiger partial charge in [0.25, 0.3) is 0 Å². The summed E-state index contributed by atoms with van der Waals surface area (Å²) >= 11 is 3.05. The quantitative estimate of drug-likeness (QED) is 0.117. The Morgan fingerprint density at radius 1 is 1.07 bits per heavy atom. The third-order valence-corrected chi connectivity index (χ3v) is 14.9. The monoisotopic (exact) mass is 928 g/mol. The third kappa shape index (κ3) is 8.07. The Kier molecular flexibility index (Phi) is 12.4. The molecule has 2 aromatic carbocycles. The second-order valence-corrected chi connectivity index (χ2v) is 19.4. The number of allylic oxidation sites excluding steroid dienone is 4. The van der Waals surface area contributed by atoms with E-state index < -0.39 is 84.6 Å². The number of hydrogen-bond acceptors (Lipinski definition) is 10. The second-order valence-electron chi connectivity index (χ2n) is 17.6. The zero-order valence-electron chi connectivity index (χ0n) is 34.3. The molecule has 5 N–H and O–H groups in total. The lowest BCUT2D eigenvalue weighted by Gasteiger charge is -2.62. The van der Waals surface area contributed by atoms with Gasteiger partial charge in [0.1, 0.15) is 6.61 Å². The molecular weight excluding hydrogens is 878 g/mol. The van der Waals surface area contributed by atoms with Crippen molar-refractivity contribution in [2.45, 2.75) is 102 Å². The number of benzene rings is 2. The zero-order valence-corrected chi connectivity index (χ0v) is 36.7. The van der Waals surface area contributed by atoms with Crippen LogP contribution in [-0.4, -0.2) is 85.5 Å². The molecule has 2 aromatic rings. The van der Waals surface area contributed by atoms with Gasteiger partial charge in [-0.1, -0.05) is 77.8 Å². The van der Waals surface area contributed by atoms with Crippen molar-refractivity contribution in [1.29, 1.82) is 0 Å². The summed E-state index contributed by atoms with van der Waals surface area (Å²) in [7, 11) is -5.09. The van der Waals surface area contributed by atoms with Crippen molar-refractivity contribution in [1.82, 2.24) is 5.32 Å². The van der Waals surface area contributed by atoms with Crippen LogP contribution in [0.25, 0.3) is 0 Å². The van der Waals surface area contributed by atoms with Gasteiger partial charge in [-0.15, -0.1) is 0 Å². The van der Waals surface area contributed by atoms with E-state index in [2.05, 4.69) is 26.6 Å². The smallest absolute Gasteiger partial charge is 0.390 e. The topological polar surface area (TPSA) is 215 Å². The number of phosphoric ester groups is 1. The maximum atomic E-state index is 17.8. The van der Waals surface area contributed by atoms with Gasteiger partial charge >= 0.3 is 7.82 Å². The minimum atomic E-state index is -5.09. The maximum Gasteiger partial charge on any atom is 0.470 e. The molecule has 3 saturated carbocycles. The van der Waals surface area contributed by atoms with Gasteiger partial charge in [-0.05, 0) is 87.3 Å². The molecule has 5 aliphatic rings. The first-order valence-electron chi connectivity index (χ1n) is 20.4. The van der Waals surface area contributed by atoms with Gasteiger partial charge in [0.15, 0.2) is 34.9 Å². The van der Waals surface area contributed by atoms with E-state index in [9.17, 15) is 43.4 Å². The fraction of sp³-hybridized carbons (Fsp3) is 0.523. The van der Waals surface area contributed by atoms with Gasteiger partial charge in [-0.25, -0.2) is 8.96 Å². The first kappa shape index (κ1) is 45.3. The third-order valence-electron chi connectivity index (χ3n) is 14.0. The Balaban J connectivity index is 1.07. The molecule has 0 bridgehead atoms. The number of alkyl halides is 2. The fourth-order valence-corrected chi connectivity index (χ4v) is 11.3. The molecule has 61 heavy (non-hydrogen) atoms. The average molecular weight is 930 g/mol. The molecule has 1 saturated heterocycles. The van der Waals surface area contributed by atoms with Crippen molar-refractivity contribution < 1.29 is 61.8 Å². The van der Waals surface area contributed by atoms with E-state index >= 15 is 4.39 Å². The molecular formula is C44H51BrFN2O12P. The van der Waals surface area contributed by atoms with Crippen LogP contribution in [-0.2, 0) is 49.0 Å². The van der Waals surface area contributed by atoms with Crippen molar-refractivity contribution in [3.05, 3.63) is 89.0 Å². The van der Waals surface area contributed by atoms with Crippen LogP contribution in [0.4, 0.5) is 10.1 Å². The molecule has 0 aromatic heterocycles. The van der Waals surface area contributed by atoms with E-state index in [1.165, 1.54) is 12.2 Å². The zero-order chi connectivity index (χ0) is 44.3. The summed E-state index contributed by atoms with van der Waals surface area (Å²) < 4.78 is 47.5. The number of aliphatic hydroxyl groups is 1. The Hall–Kier alpha value is -3.73. The number of carbonyl (C=O) groups excluding carboxylic acids is 5. The lowest BCUT2D eigenvalue weighted by molar-refractivity contribution is -0.231. The highest BCUT2D eigenvalue weighted by Crippen LogP contribution is 2.72. The van der Waals surface area contributed by atoms with E-state index in [-0.39, 0.29) is 48.0 Å². The summed E-state index contributed by atoms with van der Waals surface area (Å²) in [6.07, 6.45) is 1.74. The maximum absolute atomic E-state index is 17.8. The molecule has 328 valence electrons. The first-order chi connectivity index (χ1) is 28.6. The normalized spacial score (nSPS) is 33.6. The largest absolute Gasteiger partial charge is 0.470 e. The van der Waals surface area contributed by atoms with Gasteiger partial charge < -0.3 is 35.0 Å². The number of ether oxygens (including phenoxy) is 2. The van der Waals surface area contributed by atoms with Crippen molar-refractivity contribution in [2.24, 2.45) is 28.6 Å². The Morgan fingerprint density at radius 3 is 2.48 bits per heavy atom. The van der Waals surface area contributed by atoms with E-state index in [0.717, 1.165) is 11.1 Å². The van der Waals surface area contributed by atoms with Gasteiger partial charge in [0.05, 0.1) is 23.6 Å². The number of rotatable bonds is 14. The Bertz CT molecular complexity index is 2230. The summed E-state index contributed by atoms with van der Waals surface area (Å²) in [5.74, 6) is -3.91. The summed E-state index contributed by atoms with van der Waals surface area (Å²) in [6, 6.07) is 13.8. The number of Topliss-reactive ketones (excluding diaryl/α,β-unsaturated/α-hetero) is 2. The van der Waals surface area contributed by atoms with Crippen LogP contribution < -0.4 is 10.6 Å². The van der Waals surface area contributed by atoms with Crippen LogP contribution in [0, 0.1) is 28.6 Å². The molecule has 17 heteroatoms. The molecule has 0 unspecified atom stereocenters. The Labute approximate surface area is 361 Å². The highest BCUT2D eigenvalue weighted by atomic mass is 79.9. The van der Waals surface area contributed by atoms with Crippen LogP contribution >= 0.6 is 23.8 Å². The predicted molar refractivity (Wildman–Crippen MR) is 223 cm³/mol. The molecule has 14 nitrogen and oxygen atoms in total. The van der Waals surface area contributed by atoms with E-state index in [0.29, 0.717) is 36.1 Å². The molecule has 2 amide bonds. The first-order valence-corrected chi connectivity index (χ1v) is 23.0. The minimum absolute atomic E-state index is 0.0478. The van der Waals surface area contributed by atoms with E-state index in [1.54, 1.807) is 58.0 Å². The number of carbonyl (C=O) groups is 5. The van der Waals surface area contributed by atoms with Gasteiger partial charge in [0, 0.05) is 40.3 Å². The van der Waals surface area contributed by atoms with E-state index in [4.69, 9.17) is 14.0 Å². The summed E-state index contributed by atoms with van der Waals surface area (Å²) in [5.41, 5.74) is -3.07. The van der Waals surface area contributed by atoms with Gasteiger partial charge in [-0.2, -0.15) is 0 Å². The van der Waals surface area contributed by atoms with Crippen LogP contribution in [0.2, 0.25) is 0 Å². The van der Waals surface area contributed by atoms with Crippen molar-refractivity contribution in [2.75, 3.05) is 17.3 Å². The molecule has 0 spiro atoms. The van der Waals surface area contributed by atoms with Crippen LogP contribution in [0.5, 0.6) is 0 Å². The molecule has 1 heterocycles. The fourth-order valence-electron chi connectivity index (χ4n) is 10.8. The number of phosphoric acid groups is 1. The minimum Gasteiger partial charge on any atom is -0.390 e. The summed E-state index contributed by atoms with van der Waals surface area (Å²) in [6.45, 7) is 5.67. The molecule has 11 atom stereocenters. The number of aliphatic hydroxyl groups excluding tert-OH is 1. The molecule has 4 fully saturated rings.